The Labute approximate surface area is 161 Å². The lowest BCUT2D eigenvalue weighted by atomic mass is 10.1. The molecule has 0 aliphatic carbocycles. The number of benzene rings is 1. The Balaban J connectivity index is 1.91. The van der Waals surface area contributed by atoms with Gasteiger partial charge in [0.1, 0.15) is 5.82 Å². The number of nitrogens with zero attached hydrogens (tertiary/aromatic N) is 3. The minimum absolute atomic E-state index is 0.774. The van der Waals surface area contributed by atoms with Crippen molar-refractivity contribution < 1.29 is 0 Å². The van der Waals surface area contributed by atoms with E-state index in [1.54, 1.807) is 6.20 Å². The average molecular weight is 409 g/mol. The van der Waals surface area contributed by atoms with Crippen molar-refractivity contribution in [1.82, 2.24) is 15.0 Å². The maximum Gasteiger partial charge on any atom is 0.138 e. The van der Waals surface area contributed by atoms with Crippen LogP contribution in [0.2, 0.25) is 0 Å². The van der Waals surface area contributed by atoms with Gasteiger partial charge in [-0.2, -0.15) is 0 Å². The van der Waals surface area contributed by atoms with E-state index in [2.05, 4.69) is 75.1 Å². The summed E-state index contributed by atoms with van der Waals surface area (Å²) in [5.74, 6) is 1.04. The van der Waals surface area contributed by atoms with E-state index in [1.807, 2.05) is 12.3 Å². The van der Waals surface area contributed by atoms with E-state index in [4.69, 9.17) is 4.98 Å². The lowest BCUT2D eigenvalue weighted by molar-refractivity contribution is 0.837. The van der Waals surface area contributed by atoms with Crippen LogP contribution in [0.5, 0.6) is 0 Å². The van der Waals surface area contributed by atoms with Crippen LogP contribution in [-0.4, -0.2) is 28.5 Å². The first-order chi connectivity index (χ1) is 12.7. The van der Waals surface area contributed by atoms with Crippen LogP contribution in [0.1, 0.15) is 24.6 Å². The Bertz CT molecular complexity index is 1060. The van der Waals surface area contributed by atoms with Gasteiger partial charge in [0.05, 0.1) is 5.52 Å². The van der Waals surface area contributed by atoms with Crippen molar-refractivity contribution >= 4 is 43.6 Å². The van der Waals surface area contributed by atoms with Crippen LogP contribution >= 0.6 is 15.9 Å². The molecule has 1 N–H and O–H groups in total. The molecule has 5 heteroatoms. The monoisotopic (exact) mass is 408 g/mol. The van der Waals surface area contributed by atoms with Gasteiger partial charge in [-0.3, -0.25) is 4.98 Å². The van der Waals surface area contributed by atoms with Crippen molar-refractivity contribution in [2.24, 2.45) is 0 Å². The highest BCUT2D eigenvalue weighted by Crippen LogP contribution is 2.34. The summed E-state index contributed by atoms with van der Waals surface area (Å²) in [5.41, 5.74) is 4.47. The van der Waals surface area contributed by atoms with Crippen LogP contribution in [0.3, 0.4) is 0 Å². The standard InChI is InChI=1S/C21H21BrN4/c1-3-9-26(2)21-20-17-7-6-15(22)11-18(17)25-19(20)12-16(24-21)10-14-5-4-8-23-13-14/h4-8,11-13,25H,3,9-10H2,1-2H3. The van der Waals surface area contributed by atoms with Crippen LogP contribution in [0.4, 0.5) is 5.82 Å². The Morgan fingerprint density at radius 1 is 1.15 bits per heavy atom. The molecular weight excluding hydrogens is 388 g/mol. The molecule has 0 aliphatic heterocycles. The number of H-pyrrole nitrogens is 1. The summed E-state index contributed by atoms with van der Waals surface area (Å²) in [5, 5.41) is 2.40. The van der Waals surface area contributed by atoms with Crippen molar-refractivity contribution in [2.75, 3.05) is 18.5 Å². The maximum absolute atomic E-state index is 5.03. The summed E-state index contributed by atoms with van der Waals surface area (Å²) in [6.45, 7) is 3.17. The summed E-state index contributed by atoms with van der Waals surface area (Å²) in [6, 6.07) is 12.6. The molecule has 132 valence electrons. The first-order valence-electron chi connectivity index (χ1n) is 8.86. The van der Waals surface area contributed by atoms with Gasteiger partial charge in [-0.1, -0.05) is 35.0 Å². The van der Waals surface area contributed by atoms with Crippen molar-refractivity contribution in [2.45, 2.75) is 19.8 Å². The first-order valence-corrected chi connectivity index (χ1v) is 9.66. The molecule has 0 saturated heterocycles. The SMILES string of the molecule is CCCN(C)c1nc(Cc2cccnc2)cc2[nH]c3cc(Br)ccc3c12. The highest BCUT2D eigenvalue weighted by molar-refractivity contribution is 9.10. The Morgan fingerprint density at radius 3 is 2.81 bits per heavy atom. The quantitative estimate of drug-likeness (QED) is 0.486. The number of aromatic amines is 1. The Morgan fingerprint density at radius 2 is 2.04 bits per heavy atom. The predicted molar refractivity (Wildman–Crippen MR) is 112 cm³/mol. The fourth-order valence-electron chi connectivity index (χ4n) is 3.45. The minimum atomic E-state index is 0.774. The van der Waals surface area contributed by atoms with Gasteiger partial charge in [-0.25, -0.2) is 4.98 Å². The molecule has 0 fully saturated rings. The number of hydrogen-bond donors (Lipinski definition) is 1. The lowest BCUT2D eigenvalue weighted by Gasteiger charge is -2.19. The molecule has 0 amide bonds. The van der Waals surface area contributed by atoms with Crippen LogP contribution < -0.4 is 4.90 Å². The fraction of sp³-hybridized carbons (Fsp3) is 0.238. The summed E-state index contributed by atoms with van der Waals surface area (Å²) in [4.78, 5) is 15.1. The summed E-state index contributed by atoms with van der Waals surface area (Å²) < 4.78 is 1.07. The second kappa shape index (κ2) is 7.08. The molecule has 4 nitrogen and oxygen atoms in total. The van der Waals surface area contributed by atoms with Gasteiger partial charge < -0.3 is 9.88 Å². The number of aromatic nitrogens is 3. The largest absolute Gasteiger partial charge is 0.359 e. The number of halogens is 1. The number of rotatable bonds is 5. The molecule has 26 heavy (non-hydrogen) atoms. The molecule has 0 unspecified atom stereocenters. The van der Waals surface area contributed by atoms with Crippen LogP contribution in [0, 0.1) is 0 Å². The molecule has 4 rings (SSSR count). The van der Waals surface area contributed by atoms with E-state index in [-0.39, 0.29) is 0 Å². The lowest BCUT2D eigenvalue weighted by Crippen LogP contribution is -2.19. The number of fused-ring (bicyclic) bond motifs is 3. The van der Waals surface area contributed by atoms with E-state index in [0.29, 0.717) is 0 Å². The zero-order chi connectivity index (χ0) is 18.1. The molecule has 3 heterocycles. The molecule has 0 radical (unpaired) electrons. The molecule has 0 atom stereocenters. The van der Waals surface area contributed by atoms with Gasteiger partial charge in [-0.05, 0) is 36.2 Å². The molecule has 1 aromatic carbocycles. The van der Waals surface area contributed by atoms with Gasteiger partial charge in [0.15, 0.2) is 0 Å². The fourth-order valence-corrected chi connectivity index (χ4v) is 3.81. The Kier molecular flexibility index (Phi) is 4.64. The van der Waals surface area contributed by atoms with E-state index < -0.39 is 0 Å². The van der Waals surface area contributed by atoms with Crippen molar-refractivity contribution in [1.29, 1.82) is 0 Å². The molecule has 0 aliphatic rings. The summed E-state index contributed by atoms with van der Waals surface area (Å²) in [6.07, 6.45) is 5.57. The molecule has 3 aromatic heterocycles. The predicted octanol–water partition coefficient (Wildman–Crippen LogP) is 5.31. The zero-order valence-electron chi connectivity index (χ0n) is 15.0. The van der Waals surface area contributed by atoms with Gasteiger partial charge >= 0.3 is 0 Å². The second-order valence-corrected chi connectivity index (χ2v) is 7.55. The smallest absolute Gasteiger partial charge is 0.138 e. The second-order valence-electron chi connectivity index (χ2n) is 6.63. The van der Waals surface area contributed by atoms with Crippen molar-refractivity contribution in [3.63, 3.8) is 0 Å². The third kappa shape index (κ3) is 3.19. The molecule has 0 bridgehead atoms. The molecular formula is C21H21BrN4. The number of hydrogen-bond acceptors (Lipinski definition) is 3. The molecule has 4 aromatic rings. The van der Waals surface area contributed by atoms with Gasteiger partial charge in [0, 0.05) is 58.9 Å². The molecule has 0 saturated carbocycles. The third-order valence-corrected chi connectivity index (χ3v) is 5.10. The van der Waals surface area contributed by atoms with E-state index in [0.717, 1.165) is 46.4 Å². The average Bonchev–Trinajstić information content (AvgIpc) is 2.99. The summed E-state index contributed by atoms with van der Waals surface area (Å²) in [7, 11) is 2.12. The highest BCUT2D eigenvalue weighted by atomic mass is 79.9. The van der Waals surface area contributed by atoms with E-state index >= 15 is 0 Å². The highest BCUT2D eigenvalue weighted by Gasteiger charge is 2.15. The van der Waals surface area contributed by atoms with Crippen LogP contribution in [0.15, 0.2) is 53.3 Å². The minimum Gasteiger partial charge on any atom is -0.359 e. The number of anilines is 1. The normalized spacial score (nSPS) is 11.3. The van der Waals surface area contributed by atoms with Crippen LogP contribution in [0.25, 0.3) is 21.8 Å². The maximum atomic E-state index is 5.03. The third-order valence-electron chi connectivity index (χ3n) is 4.60. The van der Waals surface area contributed by atoms with E-state index in [1.165, 1.54) is 16.3 Å². The molecule has 0 spiro atoms. The van der Waals surface area contributed by atoms with Crippen molar-refractivity contribution in [3.8, 4) is 0 Å². The van der Waals surface area contributed by atoms with Gasteiger partial charge in [0.25, 0.3) is 0 Å². The van der Waals surface area contributed by atoms with E-state index in [9.17, 15) is 0 Å². The van der Waals surface area contributed by atoms with Crippen molar-refractivity contribution in [3.05, 3.63) is 64.5 Å². The summed E-state index contributed by atoms with van der Waals surface area (Å²) >= 11 is 3.57. The number of nitrogens with one attached hydrogen (secondary N) is 1. The van der Waals surface area contributed by atoms with Crippen LogP contribution in [-0.2, 0) is 6.42 Å². The Hall–Kier alpha value is -2.40. The topological polar surface area (TPSA) is 44.8 Å². The van der Waals surface area contributed by atoms with Gasteiger partial charge in [0.2, 0.25) is 0 Å². The number of pyridine rings is 2. The van der Waals surface area contributed by atoms with Gasteiger partial charge in [-0.15, -0.1) is 0 Å². The zero-order valence-corrected chi connectivity index (χ0v) is 16.5. The first kappa shape index (κ1) is 17.0.